The molecule has 0 amide bonds. The molecule has 0 spiro atoms. The summed E-state index contributed by atoms with van der Waals surface area (Å²) in [6.45, 7) is -0.0507. The van der Waals surface area contributed by atoms with Crippen molar-refractivity contribution in [3.63, 3.8) is 0 Å². The van der Waals surface area contributed by atoms with E-state index in [4.69, 9.17) is 39.7 Å². The third-order valence-electron chi connectivity index (χ3n) is 5.50. The Balaban J connectivity index is 1.81. The minimum atomic E-state index is -0.969. The lowest BCUT2D eigenvalue weighted by atomic mass is 9.90. The topological polar surface area (TPSA) is 114 Å². The molecule has 0 aliphatic carbocycles. The van der Waals surface area contributed by atoms with Gasteiger partial charge in [0.25, 0.3) is 0 Å². The van der Waals surface area contributed by atoms with E-state index in [1.807, 2.05) is 12.1 Å². The molecule has 0 radical (unpaired) electrons. The zero-order chi connectivity index (χ0) is 25.8. The van der Waals surface area contributed by atoms with Crippen LogP contribution in [0.4, 0.5) is 0 Å². The molecule has 0 saturated heterocycles. The van der Waals surface area contributed by atoms with Gasteiger partial charge in [-0.15, -0.1) is 11.8 Å². The summed E-state index contributed by atoms with van der Waals surface area (Å²) in [6, 6.07) is 10.0. The third kappa shape index (κ3) is 5.19. The zero-order valence-corrected chi connectivity index (χ0v) is 21.2. The van der Waals surface area contributed by atoms with E-state index in [1.54, 1.807) is 18.2 Å². The molecule has 0 unspecified atom stereocenters. The van der Waals surface area contributed by atoms with Crippen molar-refractivity contribution in [2.24, 2.45) is 0 Å². The standard InChI is InChI=1S/C25H23ClO9S/c1-30-19-9-16(23(32-3)25-24(19)33-12-34-25)17(10-20(28)31-2)22-21(29)18(27)8-14(35-22)11-36-15-6-4-13(26)5-7-15/h4-9,17,29H,10-12H2,1-3H3/t17-/m1/s1. The SMILES string of the molecule is COC(=O)C[C@H](c1cc(OC)c2c(c1OC)OCO2)c1oc(CSc2ccc(Cl)cc2)cc(=O)c1O. The van der Waals surface area contributed by atoms with Crippen molar-refractivity contribution in [3.8, 4) is 28.7 Å². The molecule has 36 heavy (non-hydrogen) atoms. The first kappa shape index (κ1) is 25.6. The Bertz CT molecular complexity index is 1320. The highest BCUT2D eigenvalue weighted by Crippen LogP contribution is 2.53. The van der Waals surface area contributed by atoms with Gasteiger partial charge >= 0.3 is 5.97 Å². The Morgan fingerprint density at radius 1 is 1.11 bits per heavy atom. The lowest BCUT2D eigenvalue weighted by Gasteiger charge is -2.21. The maximum atomic E-state index is 12.7. The Morgan fingerprint density at radius 2 is 1.83 bits per heavy atom. The van der Waals surface area contributed by atoms with E-state index in [-0.39, 0.29) is 36.2 Å². The van der Waals surface area contributed by atoms with E-state index < -0.39 is 23.1 Å². The molecule has 0 saturated carbocycles. The predicted octanol–water partition coefficient (Wildman–Crippen LogP) is 4.73. The first-order valence-corrected chi connectivity index (χ1v) is 12.1. The van der Waals surface area contributed by atoms with Crippen LogP contribution in [-0.2, 0) is 15.3 Å². The fourth-order valence-electron chi connectivity index (χ4n) is 3.80. The van der Waals surface area contributed by atoms with Crippen molar-refractivity contribution in [2.45, 2.75) is 23.0 Å². The highest BCUT2D eigenvalue weighted by Gasteiger charge is 2.35. The smallest absolute Gasteiger partial charge is 0.306 e. The quantitative estimate of drug-likeness (QED) is 0.305. The molecule has 190 valence electrons. The summed E-state index contributed by atoms with van der Waals surface area (Å²) in [5.74, 6) is -0.519. The number of halogens is 1. The second-order valence-corrected chi connectivity index (χ2v) is 9.12. The molecule has 0 bridgehead atoms. The first-order valence-electron chi connectivity index (χ1n) is 10.7. The van der Waals surface area contributed by atoms with Gasteiger partial charge in [0.2, 0.25) is 29.5 Å². The van der Waals surface area contributed by atoms with Crippen molar-refractivity contribution in [1.29, 1.82) is 0 Å². The van der Waals surface area contributed by atoms with E-state index in [2.05, 4.69) is 0 Å². The molecular formula is C25H23ClO9S. The van der Waals surface area contributed by atoms with Crippen molar-refractivity contribution in [2.75, 3.05) is 28.1 Å². The molecule has 1 atom stereocenters. The van der Waals surface area contributed by atoms with Crippen molar-refractivity contribution in [3.05, 3.63) is 68.7 Å². The van der Waals surface area contributed by atoms with Gasteiger partial charge in [-0.2, -0.15) is 0 Å². The van der Waals surface area contributed by atoms with E-state index in [0.29, 0.717) is 27.8 Å². The van der Waals surface area contributed by atoms with Crippen molar-refractivity contribution in [1.82, 2.24) is 0 Å². The zero-order valence-electron chi connectivity index (χ0n) is 19.7. The number of rotatable bonds is 9. The predicted molar refractivity (Wildman–Crippen MR) is 132 cm³/mol. The summed E-state index contributed by atoms with van der Waals surface area (Å²) in [5, 5.41) is 11.3. The molecule has 11 heteroatoms. The van der Waals surface area contributed by atoms with Gasteiger partial charge < -0.3 is 33.2 Å². The van der Waals surface area contributed by atoms with E-state index >= 15 is 0 Å². The van der Waals surface area contributed by atoms with Gasteiger partial charge in [-0.1, -0.05) is 11.6 Å². The van der Waals surface area contributed by atoms with Crippen molar-refractivity contribution < 1.29 is 38.0 Å². The van der Waals surface area contributed by atoms with Crippen LogP contribution in [0.2, 0.25) is 5.02 Å². The van der Waals surface area contributed by atoms with Crippen LogP contribution in [0.5, 0.6) is 28.7 Å². The van der Waals surface area contributed by atoms with Gasteiger partial charge in [0.05, 0.1) is 39.4 Å². The number of hydrogen-bond donors (Lipinski definition) is 1. The van der Waals surface area contributed by atoms with Crippen LogP contribution in [-0.4, -0.2) is 39.2 Å². The van der Waals surface area contributed by atoms with Gasteiger partial charge in [-0.25, -0.2) is 0 Å². The number of benzene rings is 2. The maximum absolute atomic E-state index is 12.7. The van der Waals surface area contributed by atoms with Gasteiger partial charge in [0.15, 0.2) is 17.3 Å². The number of carbonyl (C=O) groups is 1. The van der Waals surface area contributed by atoms with Crippen LogP contribution < -0.4 is 24.4 Å². The fraction of sp³-hybridized carbons (Fsp3) is 0.280. The van der Waals surface area contributed by atoms with Crippen molar-refractivity contribution >= 4 is 29.3 Å². The number of fused-ring (bicyclic) bond motifs is 1. The van der Waals surface area contributed by atoms with Crippen LogP contribution in [0.1, 0.15) is 29.4 Å². The van der Waals surface area contributed by atoms with E-state index in [9.17, 15) is 14.7 Å². The minimum absolute atomic E-state index is 0.0507. The van der Waals surface area contributed by atoms with Crippen LogP contribution in [0.3, 0.4) is 0 Å². The fourth-order valence-corrected chi connectivity index (χ4v) is 4.70. The molecule has 9 nitrogen and oxygen atoms in total. The Morgan fingerprint density at radius 3 is 2.50 bits per heavy atom. The monoisotopic (exact) mass is 534 g/mol. The van der Waals surface area contributed by atoms with Gasteiger partial charge in [0, 0.05) is 21.5 Å². The lowest BCUT2D eigenvalue weighted by Crippen LogP contribution is -2.15. The largest absolute Gasteiger partial charge is 0.502 e. The maximum Gasteiger partial charge on any atom is 0.306 e. The molecule has 4 rings (SSSR count). The molecule has 0 fully saturated rings. The Kier molecular flexibility index (Phi) is 7.85. The number of methoxy groups -OCH3 is 3. The number of esters is 1. The molecule has 1 aliphatic rings. The highest BCUT2D eigenvalue weighted by molar-refractivity contribution is 7.98. The Labute approximate surface area is 215 Å². The molecule has 2 heterocycles. The third-order valence-corrected chi connectivity index (χ3v) is 6.79. The lowest BCUT2D eigenvalue weighted by molar-refractivity contribution is -0.140. The molecule has 2 aromatic carbocycles. The van der Waals surface area contributed by atoms with Crippen LogP contribution >= 0.6 is 23.4 Å². The van der Waals surface area contributed by atoms with Crippen LogP contribution in [0.15, 0.2) is 50.5 Å². The second-order valence-electron chi connectivity index (χ2n) is 7.63. The molecule has 1 aliphatic heterocycles. The van der Waals surface area contributed by atoms with Crippen LogP contribution in [0.25, 0.3) is 0 Å². The summed E-state index contributed by atoms with van der Waals surface area (Å²) in [6.07, 6.45) is -0.264. The summed E-state index contributed by atoms with van der Waals surface area (Å²) in [4.78, 5) is 26.0. The molecule has 3 aromatic rings. The molecular weight excluding hydrogens is 512 g/mol. The van der Waals surface area contributed by atoms with Gasteiger partial charge in [0.1, 0.15) is 5.76 Å². The number of ether oxygens (including phenoxy) is 5. The first-order chi connectivity index (χ1) is 17.4. The number of aromatic hydroxyl groups is 1. The second kappa shape index (κ2) is 11.0. The summed E-state index contributed by atoms with van der Waals surface area (Å²) in [7, 11) is 4.12. The van der Waals surface area contributed by atoms with Gasteiger partial charge in [-0.05, 0) is 30.3 Å². The van der Waals surface area contributed by atoms with E-state index in [1.165, 1.54) is 39.2 Å². The van der Waals surface area contributed by atoms with Gasteiger partial charge in [-0.3, -0.25) is 9.59 Å². The van der Waals surface area contributed by atoms with E-state index in [0.717, 1.165) is 4.90 Å². The average molecular weight is 535 g/mol. The minimum Gasteiger partial charge on any atom is -0.502 e. The Hall–Kier alpha value is -3.50. The van der Waals surface area contributed by atoms with Crippen LogP contribution in [0, 0.1) is 0 Å². The summed E-state index contributed by atoms with van der Waals surface area (Å²) < 4.78 is 33.0. The number of hydrogen-bond acceptors (Lipinski definition) is 10. The highest BCUT2D eigenvalue weighted by atomic mass is 35.5. The number of thioether (sulfide) groups is 1. The molecule has 1 aromatic heterocycles. The normalized spacial score (nSPS) is 12.8. The molecule has 1 N–H and O–H groups in total. The summed E-state index contributed by atoms with van der Waals surface area (Å²) in [5.41, 5.74) is -0.269. The number of carbonyl (C=O) groups excluding carboxylic acids is 1. The average Bonchev–Trinajstić information content (AvgIpc) is 3.38. The summed E-state index contributed by atoms with van der Waals surface area (Å²) >= 11 is 7.36.